The van der Waals surface area contributed by atoms with E-state index >= 15 is 0 Å². The van der Waals surface area contributed by atoms with E-state index in [-0.39, 0.29) is 11.8 Å². The minimum atomic E-state index is -0.0636. The predicted octanol–water partition coefficient (Wildman–Crippen LogP) is 1.67. The standard InChI is InChI=1S/C10H11N3O/c1-6-2-4-7(5-3-6)8-9(14)13-10(11)12-8/h2-5,14H,1H3,(H3,11,12,13). The van der Waals surface area contributed by atoms with Crippen molar-refractivity contribution in [2.24, 2.45) is 0 Å². The van der Waals surface area contributed by atoms with Crippen LogP contribution in [-0.4, -0.2) is 15.1 Å². The number of aromatic hydroxyl groups is 1. The number of rotatable bonds is 1. The van der Waals surface area contributed by atoms with E-state index in [0.29, 0.717) is 5.69 Å². The maximum Gasteiger partial charge on any atom is 0.239 e. The third-order valence-electron chi connectivity index (χ3n) is 2.04. The first kappa shape index (κ1) is 8.62. The Morgan fingerprint density at radius 3 is 2.43 bits per heavy atom. The summed E-state index contributed by atoms with van der Waals surface area (Å²) in [4.78, 5) is 6.48. The number of anilines is 1. The molecule has 0 amide bonds. The molecule has 0 unspecified atom stereocenters. The lowest BCUT2D eigenvalue weighted by Gasteiger charge is -1.98. The molecule has 14 heavy (non-hydrogen) atoms. The second kappa shape index (κ2) is 3.06. The Hall–Kier alpha value is -1.97. The number of H-pyrrole nitrogens is 1. The van der Waals surface area contributed by atoms with Crippen molar-refractivity contribution in [3.8, 4) is 17.1 Å². The molecule has 0 aliphatic heterocycles. The molecule has 4 nitrogen and oxygen atoms in total. The van der Waals surface area contributed by atoms with Crippen LogP contribution in [0.25, 0.3) is 11.3 Å². The number of nitrogens with one attached hydrogen (secondary N) is 1. The average molecular weight is 189 g/mol. The van der Waals surface area contributed by atoms with Gasteiger partial charge >= 0.3 is 0 Å². The lowest BCUT2D eigenvalue weighted by molar-refractivity contribution is 0.459. The molecule has 72 valence electrons. The maximum atomic E-state index is 9.43. The Balaban J connectivity index is 2.49. The Kier molecular flexibility index (Phi) is 1.89. The van der Waals surface area contributed by atoms with Gasteiger partial charge in [0.15, 0.2) is 0 Å². The van der Waals surface area contributed by atoms with Gasteiger partial charge in [0.2, 0.25) is 11.8 Å². The fraction of sp³-hybridized carbons (Fsp3) is 0.100. The number of aromatic amines is 1. The van der Waals surface area contributed by atoms with Crippen LogP contribution in [0.5, 0.6) is 5.88 Å². The molecular weight excluding hydrogens is 178 g/mol. The second-order valence-electron chi connectivity index (χ2n) is 3.19. The van der Waals surface area contributed by atoms with E-state index in [1.54, 1.807) is 0 Å². The summed E-state index contributed by atoms with van der Waals surface area (Å²) in [5.74, 6) is 0.157. The summed E-state index contributed by atoms with van der Waals surface area (Å²) in [6.45, 7) is 2.00. The molecule has 0 aliphatic rings. The van der Waals surface area contributed by atoms with Gasteiger partial charge < -0.3 is 15.8 Å². The van der Waals surface area contributed by atoms with Crippen molar-refractivity contribution in [2.45, 2.75) is 6.92 Å². The monoisotopic (exact) mass is 189 g/mol. The van der Waals surface area contributed by atoms with E-state index in [4.69, 9.17) is 5.73 Å². The Morgan fingerprint density at radius 2 is 1.93 bits per heavy atom. The van der Waals surface area contributed by atoms with Crippen molar-refractivity contribution in [3.05, 3.63) is 29.8 Å². The third kappa shape index (κ3) is 1.42. The van der Waals surface area contributed by atoms with Gasteiger partial charge in [0.25, 0.3) is 0 Å². The molecule has 1 aromatic heterocycles. The van der Waals surface area contributed by atoms with E-state index in [1.807, 2.05) is 31.2 Å². The number of hydrogen-bond donors (Lipinski definition) is 3. The molecule has 0 atom stereocenters. The minimum Gasteiger partial charge on any atom is -0.492 e. The maximum absolute atomic E-state index is 9.43. The van der Waals surface area contributed by atoms with Gasteiger partial charge in [0, 0.05) is 5.56 Å². The molecule has 0 spiro atoms. The highest BCUT2D eigenvalue weighted by Gasteiger charge is 2.08. The number of nitrogens with two attached hydrogens (primary N) is 1. The molecule has 4 heteroatoms. The van der Waals surface area contributed by atoms with Crippen molar-refractivity contribution in [1.82, 2.24) is 9.97 Å². The van der Waals surface area contributed by atoms with E-state index in [2.05, 4.69) is 9.97 Å². The van der Waals surface area contributed by atoms with Crippen LogP contribution < -0.4 is 5.73 Å². The number of hydrogen-bond acceptors (Lipinski definition) is 3. The quantitative estimate of drug-likeness (QED) is 0.638. The smallest absolute Gasteiger partial charge is 0.239 e. The van der Waals surface area contributed by atoms with E-state index < -0.39 is 0 Å². The highest BCUT2D eigenvalue weighted by Crippen LogP contribution is 2.27. The van der Waals surface area contributed by atoms with Crippen LogP contribution in [0.3, 0.4) is 0 Å². The first-order valence-corrected chi connectivity index (χ1v) is 4.28. The molecule has 1 heterocycles. The summed E-state index contributed by atoms with van der Waals surface area (Å²) >= 11 is 0. The van der Waals surface area contributed by atoms with E-state index in [9.17, 15) is 5.11 Å². The minimum absolute atomic E-state index is 0.0636. The Labute approximate surface area is 81.4 Å². The summed E-state index contributed by atoms with van der Waals surface area (Å²) in [6, 6.07) is 7.74. The van der Waals surface area contributed by atoms with Gasteiger partial charge in [0.05, 0.1) is 0 Å². The third-order valence-corrected chi connectivity index (χ3v) is 2.04. The van der Waals surface area contributed by atoms with Gasteiger partial charge in [-0.15, -0.1) is 0 Å². The predicted molar refractivity (Wildman–Crippen MR) is 54.8 cm³/mol. The summed E-state index contributed by atoms with van der Waals surface area (Å²) in [5.41, 5.74) is 8.02. The second-order valence-corrected chi connectivity index (χ2v) is 3.19. The van der Waals surface area contributed by atoms with Crippen LogP contribution in [-0.2, 0) is 0 Å². The molecule has 0 saturated carbocycles. The summed E-state index contributed by atoms with van der Waals surface area (Å²) in [6.07, 6.45) is 0. The van der Waals surface area contributed by atoms with Crippen molar-refractivity contribution < 1.29 is 5.11 Å². The number of imidazole rings is 1. The first-order chi connectivity index (χ1) is 6.66. The van der Waals surface area contributed by atoms with E-state index in [0.717, 1.165) is 5.56 Å². The molecule has 0 saturated heterocycles. The number of nitrogens with zero attached hydrogens (tertiary/aromatic N) is 1. The lowest BCUT2D eigenvalue weighted by Crippen LogP contribution is -1.85. The van der Waals surface area contributed by atoms with Crippen LogP contribution in [0, 0.1) is 6.92 Å². The number of aromatic nitrogens is 2. The van der Waals surface area contributed by atoms with Crippen molar-refractivity contribution >= 4 is 5.95 Å². The number of aryl methyl sites for hydroxylation is 1. The average Bonchev–Trinajstić information content (AvgIpc) is 2.47. The highest BCUT2D eigenvalue weighted by atomic mass is 16.3. The van der Waals surface area contributed by atoms with Gasteiger partial charge in [-0.05, 0) is 6.92 Å². The highest BCUT2D eigenvalue weighted by molar-refractivity contribution is 5.66. The summed E-state index contributed by atoms with van der Waals surface area (Å²) in [7, 11) is 0. The fourth-order valence-corrected chi connectivity index (χ4v) is 1.30. The molecule has 0 bridgehead atoms. The summed E-state index contributed by atoms with van der Waals surface area (Å²) < 4.78 is 0. The van der Waals surface area contributed by atoms with Crippen molar-refractivity contribution in [1.29, 1.82) is 0 Å². The fourth-order valence-electron chi connectivity index (χ4n) is 1.30. The van der Waals surface area contributed by atoms with Gasteiger partial charge in [-0.3, -0.25) is 0 Å². The number of benzene rings is 1. The number of nitrogen functional groups attached to an aromatic ring is 1. The topological polar surface area (TPSA) is 74.9 Å². The largest absolute Gasteiger partial charge is 0.492 e. The zero-order valence-electron chi connectivity index (χ0n) is 7.78. The van der Waals surface area contributed by atoms with Crippen molar-refractivity contribution in [2.75, 3.05) is 5.73 Å². The Bertz CT molecular complexity index is 445. The first-order valence-electron chi connectivity index (χ1n) is 4.28. The normalized spacial score (nSPS) is 10.4. The zero-order valence-corrected chi connectivity index (χ0v) is 7.78. The molecule has 0 radical (unpaired) electrons. The Morgan fingerprint density at radius 1 is 1.29 bits per heavy atom. The van der Waals surface area contributed by atoms with Gasteiger partial charge in [-0.1, -0.05) is 29.8 Å². The van der Waals surface area contributed by atoms with Crippen molar-refractivity contribution in [3.63, 3.8) is 0 Å². The summed E-state index contributed by atoms with van der Waals surface area (Å²) in [5, 5.41) is 9.43. The molecule has 1 aromatic carbocycles. The van der Waals surface area contributed by atoms with E-state index in [1.165, 1.54) is 5.56 Å². The van der Waals surface area contributed by atoms with Crippen LogP contribution in [0.1, 0.15) is 5.56 Å². The van der Waals surface area contributed by atoms with Crippen LogP contribution in [0.2, 0.25) is 0 Å². The zero-order chi connectivity index (χ0) is 10.1. The van der Waals surface area contributed by atoms with Gasteiger partial charge in [0.1, 0.15) is 5.69 Å². The van der Waals surface area contributed by atoms with Gasteiger partial charge in [-0.2, -0.15) is 4.98 Å². The van der Waals surface area contributed by atoms with Crippen LogP contribution >= 0.6 is 0 Å². The van der Waals surface area contributed by atoms with Crippen LogP contribution in [0.15, 0.2) is 24.3 Å². The van der Waals surface area contributed by atoms with Crippen LogP contribution in [0.4, 0.5) is 5.95 Å². The molecule has 2 aromatic rings. The molecular formula is C10H11N3O. The molecule has 0 aliphatic carbocycles. The lowest BCUT2D eigenvalue weighted by atomic mass is 10.1. The van der Waals surface area contributed by atoms with Gasteiger partial charge in [-0.25, -0.2) is 0 Å². The molecule has 0 fully saturated rings. The molecule has 4 N–H and O–H groups in total. The SMILES string of the molecule is Cc1ccc(-c2[nH]c(N)nc2O)cc1. The molecule has 2 rings (SSSR count).